The first-order valence-corrected chi connectivity index (χ1v) is 15.3. The molecule has 24 heavy (non-hydrogen) atoms. The predicted molar refractivity (Wildman–Crippen MR) is 96.7 cm³/mol. The number of rotatable bonds is 4. The van der Waals surface area contributed by atoms with Crippen molar-refractivity contribution in [3.8, 4) is 0 Å². The molecule has 9 heteroatoms. The molecule has 130 valence electrons. The molecule has 1 atom stereocenters. The van der Waals surface area contributed by atoms with Gasteiger partial charge in [0.2, 0.25) is 0 Å². The number of hydrogen-bond donors (Lipinski definition) is 0. The molecular weight excluding hydrogens is 568 g/mol. The minimum absolute atomic E-state index is 0.0588. The average Bonchev–Trinajstić information content (AvgIpc) is 2.65. The Balaban J connectivity index is 1.45. The van der Waals surface area contributed by atoms with E-state index < -0.39 is 0 Å². The summed E-state index contributed by atoms with van der Waals surface area (Å²) in [5.74, 6) is 4.44. The monoisotopic (exact) mass is 585 g/mol. The molecule has 0 aromatic carbocycles. The van der Waals surface area contributed by atoms with Gasteiger partial charge in [-0.3, -0.25) is 0 Å². The van der Waals surface area contributed by atoms with Crippen molar-refractivity contribution in [2.75, 3.05) is 27.4 Å². The number of allylic oxidation sites excluding steroid dienone is 2. The maximum absolute atomic E-state index is 4.72. The van der Waals surface area contributed by atoms with Gasteiger partial charge in [-0.2, -0.15) is 0 Å². The first-order chi connectivity index (χ1) is 11.9. The molecule has 0 saturated carbocycles. The summed E-state index contributed by atoms with van der Waals surface area (Å²) in [6.07, 6.45) is 10.6. The fraction of sp³-hybridized carbons (Fsp3) is 0.400. The fourth-order valence-corrected chi connectivity index (χ4v) is 9.12. The van der Waals surface area contributed by atoms with E-state index in [1.54, 1.807) is 23.9 Å². The summed E-state index contributed by atoms with van der Waals surface area (Å²) < 4.78 is 13.2. The Morgan fingerprint density at radius 1 is 1.25 bits per heavy atom. The minimum atomic E-state index is -0.162. The van der Waals surface area contributed by atoms with Crippen LogP contribution in [0.3, 0.4) is 0 Å². The third-order valence-electron chi connectivity index (χ3n) is 3.81. The van der Waals surface area contributed by atoms with Crippen LogP contribution in [0.2, 0.25) is 0 Å². The Hall–Kier alpha value is -0.0100. The number of aliphatic imine (C=N–C) groups is 1. The van der Waals surface area contributed by atoms with Gasteiger partial charge in [-0.25, -0.2) is 0 Å². The Kier molecular flexibility index (Phi) is 5.89. The van der Waals surface area contributed by atoms with Crippen LogP contribution in [0.15, 0.2) is 48.1 Å². The molecule has 0 saturated heterocycles. The van der Waals surface area contributed by atoms with Crippen molar-refractivity contribution in [1.82, 2.24) is 9.80 Å². The van der Waals surface area contributed by atoms with Crippen molar-refractivity contribution >= 4 is 39.3 Å². The van der Waals surface area contributed by atoms with Crippen LogP contribution in [-0.4, -0.2) is 58.6 Å². The molecule has 0 N–H and O–H groups in total. The first-order valence-electron chi connectivity index (χ1n) is 7.54. The van der Waals surface area contributed by atoms with E-state index in [-0.39, 0.29) is 42.4 Å². The van der Waals surface area contributed by atoms with Crippen molar-refractivity contribution in [2.45, 2.75) is 6.04 Å². The molecule has 4 aliphatic heterocycles. The van der Waals surface area contributed by atoms with E-state index in [1.807, 2.05) is 6.20 Å². The van der Waals surface area contributed by atoms with Gasteiger partial charge >= 0.3 is 173 Å². The van der Waals surface area contributed by atoms with Crippen LogP contribution < -0.4 is 42.4 Å². The number of amidine groups is 2. The van der Waals surface area contributed by atoms with E-state index in [4.69, 9.17) is 4.40 Å². The molecule has 0 amide bonds. The van der Waals surface area contributed by atoms with Crippen molar-refractivity contribution in [2.24, 2.45) is 13.8 Å². The van der Waals surface area contributed by atoms with Crippen LogP contribution in [-0.2, 0) is 0 Å². The van der Waals surface area contributed by atoms with Gasteiger partial charge in [-0.15, -0.1) is 0 Å². The number of fused-ring (bicyclic) bond motifs is 2. The van der Waals surface area contributed by atoms with Gasteiger partial charge in [0.15, 0.2) is 0 Å². The molecule has 0 fully saturated rings. The average molecular weight is 585 g/mol. The van der Waals surface area contributed by atoms with Crippen LogP contribution in [0.1, 0.15) is 0 Å². The normalized spacial score (nSPS) is 25.8. The number of alkyl halides is 2. The van der Waals surface area contributed by atoms with Crippen molar-refractivity contribution in [1.29, 1.82) is 0 Å². The van der Waals surface area contributed by atoms with E-state index >= 15 is 0 Å². The molecule has 4 rings (SSSR count). The molecule has 0 aliphatic carbocycles. The maximum atomic E-state index is 4.72. The van der Waals surface area contributed by atoms with E-state index in [0.717, 1.165) is 23.9 Å². The van der Waals surface area contributed by atoms with E-state index in [2.05, 4.69) is 48.7 Å². The van der Waals surface area contributed by atoms with Gasteiger partial charge in [0.1, 0.15) is 0 Å². The zero-order valence-corrected chi connectivity index (χ0v) is 19.0. The molecule has 0 aromatic rings. The molecule has 1 unspecified atom stereocenters. The van der Waals surface area contributed by atoms with Crippen LogP contribution in [0, 0.1) is 0 Å². The number of hydrogen-bond acceptors (Lipinski definition) is 7. The van der Waals surface area contributed by atoms with Gasteiger partial charge in [0.05, 0.1) is 0 Å². The molecule has 4 aliphatic rings. The third kappa shape index (κ3) is 3.58. The summed E-state index contributed by atoms with van der Waals surface area (Å²) in [5, 5.41) is 0. The summed E-state index contributed by atoms with van der Waals surface area (Å²) in [6, 6.07) is 0.532. The van der Waals surface area contributed by atoms with Gasteiger partial charge < -0.3 is 0 Å². The second kappa shape index (κ2) is 8.12. The van der Waals surface area contributed by atoms with Crippen LogP contribution >= 0.6 is 23.9 Å². The SMILES string of the molecule is C[I-]C1=CC=CN2C1=NSCC2C[I-]C1=NC=CN2CCSN=C12. The van der Waals surface area contributed by atoms with Crippen LogP contribution in [0.25, 0.3) is 0 Å². The molecule has 5 nitrogen and oxygen atoms in total. The summed E-state index contributed by atoms with van der Waals surface area (Å²) in [4.78, 5) is 11.6. The van der Waals surface area contributed by atoms with E-state index in [0.29, 0.717) is 6.04 Å². The quantitative estimate of drug-likeness (QED) is 0.193. The predicted octanol–water partition coefficient (Wildman–Crippen LogP) is -3.82. The number of nitrogens with zero attached hydrogens (tertiary/aromatic N) is 5. The Morgan fingerprint density at radius 3 is 3.08 bits per heavy atom. The first kappa shape index (κ1) is 17.4. The summed E-state index contributed by atoms with van der Waals surface area (Å²) in [7, 11) is 0. The Labute approximate surface area is 171 Å². The van der Waals surface area contributed by atoms with Gasteiger partial charge in [0, 0.05) is 0 Å². The molecule has 0 radical (unpaired) electrons. The van der Waals surface area contributed by atoms with Gasteiger partial charge in [-0.05, 0) is 0 Å². The molecule has 0 bridgehead atoms. The zero-order valence-electron chi connectivity index (χ0n) is 13.1. The topological polar surface area (TPSA) is 43.6 Å². The van der Waals surface area contributed by atoms with Crippen molar-refractivity contribution in [3.63, 3.8) is 0 Å². The van der Waals surface area contributed by atoms with Crippen molar-refractivity contribution < 1.29 is 42.4 Å². The van der Waals surface area contributed by atoms with Crippen LogP contribution in [0.5, 0.6) is 0 Å². The van der Waals surface area contributed by atoms with E-state index in [1.165, 1.54) is 17.6 Å². The third-order valence-corrected chi connectivity index (χ3v) is 10.3. The van der Waals surface area contributed by atoms with Gasteiger partial charge in [0.25, 0.3) is 0 Å². The fourth-order valence-electron chi connectivity index (χ4n) is 2.60. The summed E-state index contributed by atoms with van der Waals surface area (Å²) in [5.41, 5.74) is 0. The summed E-state index contributed by atoms with van der Waals surface area (Å²) >= 11 is 3.29. The zero-order chi connectivity index (χ0) is 16.4. The summed E-state index contributed by atoms with van der Waals surface area (Å²) in [6.45, 7) is 1.04. The van der Waals surface area contributed by atoms with E-state index in [9.17, 15) is 0 Å². The van der Waals surface area contributed by atoms with Gasteiger partial charge in [-0.1, -0.05) is 0 Å². The standard InChI is InChI=1S/C15H17I2N5S2/c1-16-12-3-2-5-22-11(10-24-19-14(12)22)9-17-13-15-20-23-8-7-21(15)6-4-18-13/h2-6,11H,7-10H2,1H3/q-2. The number of halogens is 2. The molecule has 0 aromatic heterocycles. The Morgan fingerprint density at radius 2 is 2.17 bits per heavy atom. The van der Waals surface area contributed by atoms with Crippen LogP contribution in [0.4, 0.5) is 0 Å². The van der Waals surface area contributed by atoms with Crippen molar-refractivity contribution in [3.05, 3.63) is 34.3 Å². The molecule has 4 heterocycles. The Bertz CT molecular complexity index is 698. The molecule has 0 spiro atoms. The second-order valence-electron chi connectivity index (χ2n) is 5.26. The second-order valence-corrected chi connectivity index (χ2v) is 11.8. The molecular formula is C15H17I2N5S2-2.